The second kappa shape index (κ2) is 10.6. The molecule has 0 saturated heterocycles. The number of amides is 1. The summed E-state index contributed by atoms with van der Waals surface area (Å²) in [5.74, 6) is -4.72. The van der Waals surface area contributed by atoms with Gasteiger partial charge in [0.25, 0.3) is 5.91 Å². The number of para-hydroxylation sites is 2. The minimum atomic E-state index is -4.29. The van der Waals surface area contributed by atoms with Gasteiger partial charge in [-0.1, -0.05) is 26.0 Å². The van der Waals surface area contributed by atoms with Gasteiger partial charge in [-0.15, -0.1) is 0 Å². The van der Waals surface area contributed by atoms with E-state index in [-0.39, 0.29) is 11.4 Å². The molecule has 33 heavy (non-hydrogen) atoms. The van der Waals surface area contributed by atoms with Crippen LogP contribution in [0, 0.1) is 0 Å². The number of likely N-dealkylation sites (N-methyl/N-ethyl adjacent to an activating group) is 1. The number of alkyl halides is 4. The van der Waals surface area contributed by atoms with E-state index < -0.39 is 24.9 Å². The van der Waals surface area contributed by atoms with Crippen LogP contribution in [-0.2, 0) is 6.54 Å². The molecule has 0 unspecified atom stereocenters. The molecule has 1 aromatic carbocycles. The van der Waals surface area contributed by atoms with Crippen LogP contribution in [-0.4, -0.2) is 63.9 Å². The van der Waals surface area contributed by atoms with Crippen LogP contribution in [0.4, 0.5) is 23.5 Å². The predicted molar refractivity (Wildman–Crippen MR) is 116 cm³/mol. The Morgan fingerprint density at radius 2 is 1.91 bits per heavy atom. The Bertz CT molecular complexity index is 1070. The summed E-state index contributed by atoms with van der Waals surface area (Å²) in [7, 11) is 0. The van der Waals surface area contributed by atoms with Crippen molar-refractivity contribution in [1.82, 2.24) is 19.4 Å². The number of benzene rings is 1. The standard InChI is InChI=1S/C22H25F4N5O2/c1-3-30(4-2)11-12-31-17-8-6-5-7-16(17)28-21(31)29-19(32)15-9-10-18(27-13-15)33-14-22(25,26)20(23)24/h5-10,13,20H,3-4,11-12,14H2,1-2H3,(H,28,29,32). The second-order valence-corrected chi connectivity index (χ2v) is 7.29. The van der Waals surface area contributed by atoms with Crippen molar-refractivity contribution in [1.29, 1.82) is 0 Å². The topological polar surface area (TPSA) is 72.3 Å². The highest BCUT2D eigenvalue weighted by Gasteiger charge is 2.41. The van der Waals surface area contributed by atoms with Gasteiger partial charge in [-0.3, -0.25) is 10.1 Å². The molecule has 1 N–H and O–H groups in total. The van der Waals surface area contributed by atoms with Gasteiger partial charge in [0.1, 0.15) is 0 Å². The molecule has 11 heteroatoms. The quantitative estimate of drug-likeness (QED) is 0.426. The van der Waals surface area contributed by atoms with Gasteiger partial charge in [0.05, 0.1) is 16.6 Å². The van der Waals surface area contributed by atoms with Gasteiger partial charge in [0.2, 0.25) is 11.8 Å². The van der Waals surface area contributed by atoms with Crippen LogP contribution in [0.1, 0.15) is 24.2 Å². The fourth-order valence-electron chi connectivity index (χ4n) is 3.19. The first-order valence-electron chi connectivity index (χ1n) is 10.5. The van der Waals surface area contributed by atoms with Gasteiger partial charge in [-0.05, 0) is 31.3 Å². The zero-order valence-corrected chi connectivity index (χ0v) is 18.3. The summed E-state index contributed by atoms with van der Waals surface area (Å²) < 4.78 is 57.0. The number of carbonyl (C=O) groups excluding carboxylic acids is 1. The van der Waals surface area contributed by atoms with Crippen LogP contribution in [0.25, 0.3) is 11.0 Å². The molecule has 0 radical (unpaired) electrons. The van der Waals surface area contributed by atoms with Gasteiger partial charge >= 0.3 is 12.3 Å². The Labute approximate surface area is 188 Å². The van der Waals surface area contributed by atoms with Crippen LogP contribution in [0.15, 0.2) is 42.6 Å². The summed E-state index contributed by atoms with van der Waals surface area (Å²) in [5, 5.41) is 2.76. The lowest BCUT2D eigenvalue weighted by Gasteiger charge is -2.19. The smallest absolute Gasteiger partial charge is 0.340 e. The SMILES string of the molecule is CCN(CC)CCn1c(NC(=O)c2ccc(OCC(F)(F)C(F)F)nc2)nc2ccccc21. The first kappa shape index (κ1) is 24.4. The average Bonchev–Trinajstić information content (AvgIpc) is 3.15. The van der Waals surface area contributed by atoms with Crippen LogP contribution in [0.5, 0.6) is 5.88 Å². The molecule has 0 aliphatic rings. The molecule has 0 atom stereocenters. The van der Waals surface area contributed by atoms with Crippen molar-refractivity contribution in [3.05, 3.63) is 48.2 Å². The normalized spacial score (nSPS) is 12.0. The maximum Gasteiger partial charge on any atom is 0.340 e. The van der Waals surface area contributed by atoms with Gasteiger partial charge in [-0.2, -0.15) is 8.78 Å². The van der Waals surface area contributed by atoms with Crippen LogP contribution >= 0.6 is 0 Å². The molecular formula is C22H25F4N5O2. The minimum absolute atomic E-state index is 0.130. The van der Waals surface area contributed by atoms with Crippen molar-refractivity contribution in [2.75, 3.05) is 31.6 Å². The van der Waals surface area contributed by atoms with Crippen molar-refractivity contribution in [3.8, 4) is 5.88 Å². The van der Waals surface area contributed by atoms with E-state index >= 15 is 0 Å². The molecule has 0 saturated carbocycles. The lowest BCUT2D eigenvalue weighted by atomic mass is 10.2. The van der Waals surface area contributed by atoms with E-state index in [4.69, 9.17) is 0 Å². The number of rotatable bonds is 11. The lowest BCUT2D eigenvalue weighted by molar-refractivity contribution is -0.148. The van der Waals surface area contributed by atoms with E-state index in [9.17, 15) is 22.4 Å². The summed E-state index contributed by atoms with van der Waals surface area (Å²) >= 11 is 0. The molecule has 3 aromatic rings. The third-order valence-electron chi connectivity index (χ3n) is 5.14. The van der Waals surface area contributed by atoms with E-state index in [0.29, 0.717) is 12.5 Å². The first-order valence-corrected chi connectivity index (χ1v) is 10.5. The molecule has 0 fully saturated rings. The van der Waals surface area contributed by atoms with Crippen molar-refractivity contribution >= 4 is 22.9 Å². The molecule has 0 aliphatic heterocycles. The van der Waals surface area contributed by atoms with Crippen molar-refractivity contribution < 1.29 is 27.1 Å². The van der Waals surface area contributed by atoms with Crippen molar-refractivity contribution in [2.24, 2.45) is 0 Å². The summed E-state index contributed by atoms with van der Waals surface area (Å²) in [6, 6.07) is 9.99. The van der Waals surface area contributed by atoms with Crippen LogP contribution in [0.3, 0.4) is 0 Å². The number of nitrogens with one attached hydrogen (secondary N) is 1. The summed E-state index contributed by atoms with van der Waals surface area (Å²) in [4.78, 5) is 23.3. The monoisotopic (exact) mass is 467 g/mol. The number of hydrogen-bond donors (Lipinski definition) is 1. The third-order valence-corrected chi connectivity index (χ3v) is 5.14. The van der Waals surface area contributed by atoms with Crippen molar-refractivity contribution in [3.63, 3.8) is 0 Å². The Balaban J connectivity index is 1.73. The maximum atomic E-state index is 13.0. The molecule has 0 bridgehead atoms. The third kappa shape index (κ3) is 5.98. The largest absolute Gasteiger partial charge is 0.471 e. The first-order chi connectivity index (χ1) is 15.7. The van der Waals surface area contributed by atoms with Crippen molar-refractivity contribution in [2.45, 2.75) is 32.7 Å². The molecule has 2 aromatic heterocycles. The fourth-order valence-corrected chi connectivity index (χ4v) is 3.19. The van der Waals surface area contributed by atoms with Crippen LogP contribution < -0.4 is 10.1 Å². The van der Waals surface area contributed by atoms with Gasteiger partial charge in [0, 0.05) is 25.4 Å². The highest BCUT2D eigenvalue weighted by molar-refractivity contribution is 6.03. The Hall–Kier alpha value is -3.21. The van der Waals surface area contributed by atoms with Gasteiger partial charge in [-0.25, -0.2) is 18.7 Å². The number of ether oxygens (including phenoxy) is 1. The molecule has 178 valence electrons. The second-order valence-electron chi connectivity index (χ2n) is 7.29. The van der Waals surface area contributed by atoms with E-state index in [2.05, 4.69) is 38.8 Å². The number of imidazole rings is 1. The lowest BCUT2D eigenvalue weighted by Crippen LogP contribution is -2.33. The average molecular weight is 467 g/mol. The number of aromatic nitrogens is 3. The number of fused-ring (bicyclic) bond motifs is 1. The van der Waals surface area contributed by atoms with Crippen LogP contribution in [0.2, 0.25) is 0 Å². The van der Waals surface area contributed by atoms with E-state index in [0.717, 1.165) is 36.9 Å². The number of nitrogens with zero attached hydrogens (tertiary/aromatic N) is 4. The zero-order valence-electron chi connectivity index (χ0n) is 18.3. The highest BCUT2D eigenvalue weighted by Crippen LogP contribution is 2.24. The van der Waals surface area contributed by atoms with E-state index in [1.54, 1.807) is 0 Å². The Kier molecular flexibility index (Phi) is 7.85. The molecule has 1 amide bonds. The van der Waals surface area contributed by atoms with Gasteiger partial charge < -0.3 is 14.2 Å². The predicted octanol–water partition coefficient (Wildman–Crippen LogP) is 4.30. The molecular weight excluding hydrogens is 442 g/mol. The molecule has 7 nitrogen and oxygen atoms in total. The Morgan fingerprint density at radius 3 is 2.55 bits per heavy atom. The number of anilines is 1. The maximum absolute atomic E-state index is 13.0. The minimum Gasteiger partial charge on any atom is -0.471 e. The van der Waals surface area contributed by atoms with E-state index in [1.165, 1.54) is 12.1 Å². The highest BCUT2D eigenvalue weighted by atomic mass is 19.3. The fraction of sp³-hybridized carbons (Fsp3) is 0.409. The number of pyridine rings is 1. The summed E-state index contributed by atoms with van der Waals surface area (Å²) in [6.45, 7) is 5.82. The molecule has 0 spiro atoms. The zero-order chi connectivity index (χ0) is 24.0. The molecule has 0 aliphatic carbocycles. The number of carbonyl (C=O) groups is 1. The van der Waals surface area contributed by atoms with E-state index in [1.807, 2.05) is 28.8 Å². The number of hydrogen-bond acceptors (Lipinski definition) is 5. The summed E-state index contributed by atoms with van der Waals surface area (Å²) in [6.07, 6.45) is -2.72. The Morgan fingerprint density at radius 1 is 1.18 bits per heavy atom. The summed E-state index contributed by atoms with van der Waals surface area (Å²) in [5.41, 5.74) is 1.74. The van der Waals surface area contributed by atoms with Gasteiger partial charge in [0.15, 0.2) is 6.61 Å². The number of halogens is 4. The molecule has 3 rings (SSSR count). The molecule has 2 heterocycles.